The Bertz CT molecular complexity index is 179. The Labute approximate surface area is 95.6 Å². The Kier molecular flexibility index (Phi) is 5.07. The maximum absolute atomic E-state index is 2.69. The van der Waals surface area contributed by atoms with Gasteiger partial charge in [0.25, 0.3) is 0 Å². The quantitative estimate of drug-likeness (QED) is 0.659. The molecule has 2 atom stereocenters. The predicted octanol–water partition coefficient (Wildman–Crippen LogP) is 2.45. The van der Waals surface area contributed by atoms with Crippen molar-refractivity contribution in [2.45, 2.75) is 52.6 Å². The second kappa shape index (κ2) is 5.86. The first-order valence-electron chi connectivity index (χ1n) is 6.63. The highest BCUT2D eigenvalue weighted by molar-refractivity contribution is 4.93. The van der Waals surface area contributed by atoms with Crippen LogP contribution in [0.3, 0.4) is 0 Å². The molecule has 0 spiro atoms. The molecule has 2 aliphatic heterocycles. The van der Waals surface area contributed by atoms with Gasteiger partial charge in [-0.1, -0.05) is 13.8 Å². The van der Waals surface area contributed by atoms with Crippen molar-refractivity contribution in [2.75, 3.05) is 26.7 Å². The van der Waals surface area contributed by atoms with Gasteiger partial charge in [0.1, 0.15) is 0 Å². The lowest BCUT2D eigenvalue weighted by atomic mass is 9.92. The fraction of sp³-hybridized carbons (Fsp3) is 1.00. The summed E-state index contributed by atoms with van der Waals surface area (Å²) in [5.74, 6) is 0.999. The van der Waals surface area contributed by atoms with E-state index in [0.717, 1.165) is 18.0 Å². The average Bonchev–Trinajstić information content (AvgIpc) is 2.63. The van der Waals surface area contributed by atoms with Crippen molar-refractivity contribution in [2.24, 2.45) is 5.92 Å². The molecule has 0 aromatic carbocycles. The molecule has 15 heavy (non-hydrogen) atoms. The van der Waals surface area contributed by atoms with E-state index in [1.54, 1.807) is 0 Å². The molecule has 0 aromatic heterocycles. The highest BCUT2D eigenvalue weighted by atomic mass is 15.3. The van der Waals surface area contributed by atoms with Crippen LogP contribution in [-0.4, -0.2) is 48.6 Å². The van der Waals surface area contributed by atoms with Gasteiger partial charge >= 0.3 is 0 Å². The van der Waals surface area contributed by atoms with Crippen LogP contribution in [0, 0.1) is 5.92 Å². The van der Waals surface area contributed by atoms with E-state index >= 15 is 0 Å². The largest absolute Gasteiger partial charge is 0.305 e. The molecule has 2 heteroatoms. The summed E-state index contributed by atoms with van der Waals surface area (Å²) >= 11 is 0. The average molecular weight is 212 g/mol. The second-order valence-electron chi connectivity index (χ2n) is 5.00. The van der Waals surface area contributed by atoms with Crippen molar-refractivity contribution in [3.63, 3.8) is 0 Å². The third kappa shape index (κ3) is 2.94. The van der Waals surface area contributed by atoms with E-state index in [-0.39, 0.29) is 0 Å². The fourth-order valence-corrected chi connectivity index (χ4v) is 2.97. The van der Waals surface area contributed by atoms with Gasteiger partial charge in [-0.2, -0.15) is 0 Å². The van der Waals surface area contributed by atoms with Crippen LogP contribution in [0.15, 0.2) is 0 Å². The van der Waals surface area contributed by atoms with Gasteiger partial charge in [-0.25, -0.2) is 0 Å². The molecular weight excluding hydrogens is 184 g/mol. The summed E-state index contributed by atoms with van der Waals surface area (Å²) in [6, 6.07) is 1.60. The summed E-state index contributed by atoms with van der Waals surface area (Å²) in [4.78, 5) is 5.18. The zero-order valence-electron chi connectivity index (χ0n) is 11.2. The lowest BCUT2D eigenvalue weighted by Crippen LogP contribution is -2.48. The van der Waals surface area contributed by atoms with Crippen LogP contribution in [0.5, 0.6) is 0 Å². The number of hydrogen-bond donors (Lipinski definition) is 0. The first kappa shape index (κ1) is 13.0. The number of likely N-dealkylation sites (N-methyl/N-ethyl adjacent to an activating group) is 1. The minimum atomic E-state index is 0.738. The predicted molar refractivity (Wildman–Crippen MR) is 67.2 cm³/mol. The van der Waals surface area contributed by atoms with Crippen LogP contribution in [-0.2, 0) is 0 Å². The maximum Gasteiger partial charge on any atom is 0.0254 e. The van der Waals surface area contributed by atoms with Crippen molar-refractivity contribution in [3.05, 3.63) is 0 Å². The standard InChI is InChI=1S/C11H22N2.C2H6/c1-9(2)13-7-5-10-4-6-12(3)8-11(10)13;1-2/h9-11H,4-8H2,1-3H3;1-2H3. The molecule has 0 radical (unpaired) electrons. The van der Waals surface area contributed by atoms with Crippen molar-refractivity contribution in [1.82, 2.24) is 9.80 Å². The Morgan fingerprint density at radius 3 is 2.27 bits per heavy atom. The number of piperidine rings is 1. The molecule has 2 aliphatic rings. The number of rotatable bonds is 1. The molecule has 2 rings (SSSR count). The van der Waals surface area contributed by atoms with Gasteiger partial charge in [-0.05, 0) is 52.7 Å². The van der Waals surface area contributed by atoms with E-state index in [9.17, 15) is 0 Å². The summed E-state index contributed by atoms with van der Waals surface area (Å²) in [5.41, 5.74) is 0. The Balaban J connectivity index is 0.000000531. The summed E-state index contributed by atoms with van der Waals surface area (Å²) in [5, 5.41) is 0. The van der Waals surface area contributed by atoms with Crippen LogP contribution >= 0.6 is 0 Å². The minimum Gasteiger partial charge on any atom is -0.305 e. The molecule has 0 amide bonds. The van der Waals surface area contributed by atoms with E-state index in [1.165, 1.54) is 32.5 Å². The summed E-state index contributed by atoms with van der Waals surface area (Å²) in [6.45, 7) is 12.6. The van der Waals surface area contributed by atoms with Crippen LogP contribution in [0.4, 0.5) is 0 Å². The normalized spacial score (nSPS) is 32.4. The molecule has 2 fully saturated rings. The van der Waals surface area contributed by atoms with E-state index in [0.29, 0.717) is 0 Å². The molecule has 0 aromatic rings. The Hall–Kier alpha value is -0.0800. The Morgan fingerprint density at radius 2 is 1.67 bits per heavy atom. The van der Waals surface area contributed by atoms with Gasteiger partial charge in [0.15, 0.2) is 0 Å². The number of fused-ring (bicyclic) bond motifs is 1. The van der Waals surface area contributed by atoms with E-state index < -0.39 is 0 Å². The number of likely N-dealkylation sites (tertiary alicyclic amines) is 2. The van der Waals surface area contributed by atoms with Crippen LogP contribution in [0.25, 0.3) is 0 Å². The lowest BCUT2D eigenvalue weighted by molar-refractivity contribution is 0.103. The molecule has 90 valence electrons. The molecule has 2 unspecified atom stereocenters. The summed E-state index contributed by atoms with van der Waals surface area (Å²) in [7, 11) is 2.26. The molecule has 2 nitrogen and oxygen atoms in total. The maximum atomic E-state index is 2.69. The third-order valence-electron chi connectivity index (χ3n) is 3.77. The summed E-state index contributed by atoms with van der Waals surface area (Å²) in [6.07, 6.45) is 2.86. The van der Waals surface area contributed by atoms with Gasteiger partial charge in [0, 0.05) is 18.6 Å². The van der Waals surface area contributed by atoms with Crippen molar-refractivity contribution < 1.29 is 0 Å². The zero-order chi connectivity index (χ0) is 11.4. The van der Waals surface area contributed by atoms with Gasteiger partial charge in [0.2, 0.25) is 0 Å². The molecule has 0 aliphatic carbocycles. The van der Waals surface area contributed by atoms with Crippen LogP contribution < -0.4 is 0 Å². The van der Waals surface area contributed by atoms with E-state index in [2.05, 4.69) is 30.7 Å². The van der Waals surface area contributed by atoms with E-state index in [4.69, 9.17) is 0 Å². The summed E-state index contributed by atoms with van der Waals surface area (Å²) < 4.78 is 0. The monoisotopic (exact) mass is 212 g/mol. The zero-order valence-corrected chi connectivity index (χ0v) is 11.2. The van der Waals surface area contributed by atoms with Gasteiger partial charge in [0.05, 0.1) is 0 Å². The smallest absolute Gasteiger partial charge is 0.0254 e. The lowest BCUT2D eigenvalue weighted by Gasteiger charge is -2.38. The minimum absolute atomic E-state index is 0.738. The second-order valence-corrected chi connectivity index (χ2v) is 5.00. The molecule has 0 saturated carbocycles. The molecule has 0 bridgehead atoms. The Morgan fingerprint density at radius 1 is 1.07 bits per heavy atom. The van der Waals surface area contributed by atoms with Crippen LogP contribution in [0.2, 0.25) is 0 Å². The number of nitrogens with zero attached hydrogens (tertiary/aromatic N) is 2. The van der Waals surface area contributed by atoms with Crippen molar-refractivity contribution in [3.8, 4) is 0 Å². The van der Waals surface area contributed by atoms with Crippen molar-refractivity contribution >= 4 is 0 Å². The first-order chi connectivity index (χ1) is 7.18. The third-order valence-corrected chi connectivity index (χ3v) is 3.77. The van der Waals surface area contributed by atoms with Gasteiger partial charge < -0.3 is 4.90 Å². The molecule has 2 saturated heterocycles. The topological polar surface area (TPSA) is 6.48 Å². The highest BCUT2D eigenvalue weighted by Gasteiger charge is 2.38. The SMILES string of the molecule is CC.CC(C)N1CCC2CCN(C)CC21. The molecule has 0 N–H and O–H groups in total. The first-order valence-corrected chi connectivity index (χ1v) is 6.63. The van der Waals surface area contributed by atoms with E-state index in [1.807, 2.05) is 13.8 Å². The molecule has 2 heterocycles. The van der Waals surface area contributed by atoms with Gasteiger partial charge in [-0.3, -0.25) is 4.90 Å². The van der Waals surface area contributed by atoms with Gasteiger partial charge in [-0.15, -0.1) is 0 Å². The van der Waals surface area contributed by atoms with Crippen molar-refractivity contribution in [1.29, 1.82) is 0 Å². The highest BCUT2D eigenvalue weighted by Crippen LogP contribution is 2.32. The van der Waals surface area contributed by atoms with Crippen LogP contribution in [0.1, 0.15) is 40.5 Å². The number of hydrogen-bond acceptors (Lipinski definition) is 2. The molecular formula is C13H28N2. The fourth-order valence-electron chi connectivity index (χ4n) is 2.97.